The molecule has 2 N–H and O–H groups in total. The van der Waals surface area contributed by atoms with Gasteiger partial charge in [0, 0.05) is 5.02 Å². The van der Waals surface area contributed by atoms with E-state index >= 15 is 0 Å². The third-order valence-corrected chi connectivity index (χ3v) is 2.61. The lowest BCUT2D eigenvalue weighted by molar-refractivity contribution is 0.0698. The fraction of sp³-hybridized carbons (Fsp3) is 0.222. The van der Waals surface area contributed by atoms with Crippen LogP contribution in [-0.4, -0.2) is 25.7 Å². The molecule has 1 aromatic rings. The van der Waals surface area contributed by atoms with Crippen LogP contribution >= 0.6 is 11.6 Å². The predicted molar refractivity (Wildman–Crippen MR) is 61.6 cm³/mol. The normalized spacial score (nSPS) is 11.2. The molecule has 1 rings (SSSR count). The van der Waals surface area contributed by atoms with E-state index in [1.807, 2.05) is 0 Å². The van der Waals surface area contributed by atoms with Gasteiger partial charge in [0.1, 0.15) is 0 Å². The smallest absolute Gasteiger partial charge is 0.337 e. The van der Waals surface area contributed by atoms with Crippen LogP contribution in [0.15, 0.2) is 12.1 Å². The molecule has 0 aliphatic heterocycles. The van der Waals surface area contributed by atoms with Crippen LogP contribution in [0.5, 0.6) is 0 Å². The van der Waals surface area contributed by atoms with Crippen molar-refractivity contribution >= 4 is 33.3 Å². The Hall–Kier alpha value is -1.27. The summed E-state index contributed by atoms with van der Waals surface area (Å²) in [5.41, 5.74) is 0.324. The van der Waals surface area contributed by atoms with Crippen molar-refractivity contribution in [2.24, 2.45) is 0 Å². The lowest BCUT2D eigenvalue weighted by Crippen LogP contribution is -2.14. The number of aromatic carboxylic acids is 1. The Morgan fingerprint density at radius 1 is 1.44 bits per heavy atom. The van der Waals surface area contributed by atoms with E-state index < -0.39 is 16.0 Å². The molecule has 0 amide bonds. The van der Waals surface area contributed by atoms with Gasteiger partial charge in [-0.05, 0) is 24.6 Å². The van der Waals surface area contributed by atoms with Crippen LogP contribution in [0.3, 0.4) is 0 Å². The molecular formula is C9H10ClNO4S. The molecular weight excluding hydrogens is 254 g/mol. The Labute approximate surface area is 98.1 Å². The molecule has 0 heterocycles. The van der Waals surface area contributed by atoms with Crippen LogP contribution in [-0.2, 0) is 10.0 Å². The fourth-order valence-corrected chi connectivity index (χ4v) is 2.15. The van der Waals surface area contributed by atoms with E-state index in [0.717, 1.165) is 6.26 Å². The zero-order chi connectivity index (χ0) is 12.5. The van der Waals surface area contributed by atoms with Crippen LogP contribution in [0.2, 0.25) is 5.02 Å². The molecule has 0 radical (unpaired) electrons. The number of halogens is 1. The number of rotatable bonds is 3. The van der Waals surface area contributed by atoms with E-state index in [1.165, 1.54) is 12.1 Å². The first-order chi connectivity index (χ1) is 7.20. The quantitative estimate of drug-likeness (QED) is 0.870. The molecule has 0 aromatic heterocycles. The maximum absolute atomic E-state index is 11.1. The first kappa shape index (κ1) is 12.8. The van der Waals surface area contributed by atoms with E-state index in [4.69, 9.17) is 16.7 Å². The number of hydrogen-bond acceptors (Lipinski definition) is 3. The lowest BCUT2D eigenvalue weighted by atomic mass is 10.1. The van der Waals surface area contributed by atoms with Crippen LogP contribution in [0, 0.1) is 6.92 Å². The van der Waals surface area contributed by atoms with Crippen LogP contribution in [0.25, 0.3) is 0 Å². The zero-order valence-electron chi connectivity index (χ0n) is 8.61. The van der Waals surface area contributed by atoms with Gasteiger partial charge in [0.25, 0.3) is 0 Å². The number of carboxylic acid groups (broad SMARTS) is 1. The van der Waals surface area contributed by atoms with Gasteiger partial charge in [0.2, 0.25) is 10.0 Å². The van der Waals surface area contributed by atoms with Gasteiger partial charge in [0.05, 0.1) is 17.5 Å². The van der Waals surface area contributed by atoms with Gasteiger partial charge in [-0.25, -0.2) is 13.2 Å². The SMILES string of the molecule is Cc1cc(Cl)cc(C(=O)O)c1NS(C)(=O)=O. The van der Waals surface area contributed by atoms with E-state index in [1.54, 1.807) is 6.92 Å². The Morgan fingerprint density at radius 3 is 2.44 bits per heavy atom. The molecule has 0 atom stereocenters. The summed E-state index contributed by atoms with van der Waals surface area (Å²) in [4.78, 5) is 10.9. The summed E-state index contributed by atoms with van der Waals surface area (Å²) < 4.78 is 24.3. The van der Waals surface area contributed by atoms with Gasteiger partial charge in [-0.15, -0.1) is 0 Å². The summed E-state index contributed by atoms with van der Waals surface area (Å²) in [6.45, 7) is 1.58. The summed E-state index contributed by atoms with van der Waals surface area (Å²) >= 11 is 5.70. The van der Waals surface area contributed by atoms with Crippen molar-refractivity contribution in [3.8, 4) is 0 Å². The summed E-state index contributed by atoms with van der Waals surface area (Å²) in [5, 5.41) is 9.16. The fourth-order valence-electron chi connectivity index (χ4n) is 1.23. The molecule has 0 spiro atoms. The second-order valence-electron chi connectivity index (χ2n) is 3.32. The van der Waals surface area contributed by atoms with Gasteiger partial charge in [0.15, 0.2) is 0 Å². The average Bonchev–Trinajstić information content (AvgIpc) is 2.07. The van der Waals surface area contributed by atoms with Crippen LogP contribution in [0.1, 0.15) is 15.9 Å². The van der Waals surface area contributed by atoms with Gasteiger partial charge in [-0.3, -0.25) is 4.72 Å². The number of carbonyl (C=O) groups is 1. The van der Waals surface area contributed by atoms with Crippen molar-refractivity contribution in [2.45, 2.75) is 6.92 Å². The van der Waals surface area contributed by atoms with Gasteiger partial charge < -0.3 is 5.11 Å². The monoisotopic (exact) mass is 263 g/mol. The zero-order valence-corrected chi connectivity index (χ0v) is 10.2. The van der Waals surface area contributed by atoms with Crippen molar-refractivity contribution in [3.05, 3.63) is 28.3 Å². The molecule has 0 saturated heterocycles. The average molecular weight is 264 g/mol. The topological polar surface area (TPSA) is 83.5 Å². The minimum absolute atomic E-state index is 0.0411. The number of benzene rings is 1. The standard InChI is InChI=1S/C9H10ClNO4S/c1-5-3-6(10)4-7(9(12)13)8(5)11-16(2,14)15/h3-4,11H,1-2H3,(H,12,13). The number of sulfonamides is 1. The number of carboxylic acids is 1. The Balaban J connectivity index is 3.41. The molecule has 0 aliphatic carbocycles. The van der Waals surface area contributed by atoms with E-state index in [-0.39, 0.29) is 16.3 Å². The third kappa shape index (κ3) is 3.11. The molecule has 0 unspecified atom stereocenters. The number of aryl methyl sites for hydroxylation is 1. The molecule has 0 fully saturated rings. The molecule has 0 bridgehead atoms. The van der Waals surface area contributed by atoms with Crippen molar-refractivity contribution in [1.82, 2.24) is 0 Å². The second-order valence-corrected chi connectivity index (χ2v) is 5.51. The van der Waals surface area contributed by atoms with Gasteiger partial charge >= 0.3 is 5.97 Å². The molecule has 5 nitrogen and oxygen atoms in total. The lowest BCUT2D eigenvalue weighted by Gasteiger charge is -2.11. The molecule has 0 aliphatic rings. The summed E-state index contributed by atoms with van der Waals surface area (Å²) in [6, 6.07) is 2.69. The van der Waals surface area contributed by atoms with Crippen molar-refractivity contribution in [2.75, 3.05) is 11.0 Å². The summed E-state index contributed by atoms with van der Waals surface area (Å²) in [6.07, 6.45) is 0.951. The Bertz CT molecular complexity index is 539. The minimum Gasteiger partial charge on any atom is -0.478 e. The highest BCUT2D eigenvalue weighted by Gasteiger charge is 2.16. The number of nitrogens with one attached hydrogen (secondary N) is 1. The van der Waals surface area contributed by atoms with E-state index in [9.17, 15) is 13.2 Å². The Morgan fingerprint density at radius 2 is 2.00 bits per heavy atom. The van der Waals surface area contributed by atoms with Gasteiger partial charge in [-0.1, -0.05) is 11.6 Å². The first-order valence-corrected chi connectivity index (χ1v) is 6.49. The predicted octanol–water partition coefficient (Wildman–Crippen LogP) is 1.72. The maximum Gasteiger partial charge on any atom is 0.337 e. The Kier molecular flexibility index (Phi) is 3.44. The van der Waals surface area contributed by atoms with Crippen LogP contribution < -0.4 is 4.72 Å². The molecule has 1 aromatic carbocycles. The number of anilines is 1. The minimum atomic E-state index is -3.52. The van der Waals surface area contributed by atoms with E-state index in [2.05, 4.69) is 4.72 Å². The maximum atomic E-state index is 11.1. The number of hydrogen-bond donors (Lipinski definition) is 2. The van der Waals surface area contributed by atoms with Crippen molar-refractivity contribution < 1.29 is 18.3 Å². The summed E-state index contributed by atoms with van der Waals surface area (Å²) in [5.74, 6) is -1.24. The van der Waals surface area contributed by atoms with Crippen molar-refractivity contribution in [1.29, 1.82) is 0 Å². The molecule has 7 heteroatoms. The highest BCUT2D eigenvalue weighted by atomic mass is 35.5. The highest BCUT2D eigenvalue weighted by Crippen LogP contribution is 2.26. The molecule has 88 valence electrons. The van der Waals surface area contributed by atoms with Crippen molar-refractivity contribution in [3.63, 3.8) is 0 Å². The van der Waals surface area contributed by atoms with E-state index in [0.29, 0.717) is 5.56 Å². The largest absolute Gasteiger partial charge is 0.478 e. The molecule has 16 heavy (non-hydrogen) atoms. The van der Waals surface area contributed by atoms with Crippen LogP contribution in [0.4, 0.5) is 5.69 Å². The third-order valence-electron chi connectivity index (χ3n) is 1.82. The summed E-state index contributed by atoms with van der Waals surface area (Å²) in [7, 11) is -3.52. The first-order valence-electron chi connectivity index (χ1n) is 4.22. The highest BCUT2D eigenvalue weighted by molar-refractivity contribution is 7.92. The molecule has 0 saturated carbocycles. The second kappa shape index (κ2) is 4.31. The van der Waals surface area contributed by atoms with Gasteiger partial charge in [-0.2, -0.15) is 0 Å².